The Labute approximate surface area is 368 Å². The van der Waals surface area contributed by atoms with Crippen LogP contribution in [0.15, 0.2) is 59.6 Å². The van der Waals surface area contributed by atoms with Gasteiger partial charge >= 0.3 is 0 Å². The predicted molar refractivity (Wildman–Crippen MR) is 236 cm³/mol. The minimum absolute atomic E-state index is 0.0371. The van der Waals surface area contributed by atoms with Crippen molar-refractivity contribution >= 4 is 86.8 Å². The molecular weight excluding hydrogens is 854 g/mol. The van der Waals surface area contributed by atoms with Gasteiger partial charge in [0.25, 0.3) is 11.8 Å². The normalized spacial score (nSPS) is 16.2. The summed E-state index contributed by atoms with van der Waals surface area (Å²) >= 11 is 18.2. The van der Waals surface area contributed by atoms with Crippen molar-refractivity contribution in [3.63, 3.8) is 0 Å². The second kappa shape index (κ2) is 20.7. The number of methoxy groups -OCH3 is 1. The Balaban J connectivity index is 0.000000178. The molecule has 0 bridgehead atoms. The Morgan fingerprint density at radius 2 is 1.80 bits per heavy atom. The van der Waals surface area contributed by atoms with E-state index in [0.717, 1.165) is 54.1 Å². The molecule has 0 saturated carbocycles. The van der Waals surface area contributed by atoms with Gasteiger partial charge in [-0.15, -0.1) is 18.0 Å². The van der Waals surface area contributed by atoms with E-state index in [9.17, 15) is 18.8 Å². The topological polar surface area (TPSA) is 119 Å². The fourth-order valence-electron chi connectivity index (χ4n) is 7.01. The molecule has 4 aromatic rings. The van der Waals surface area contributed by atoms with Gasteiger partial charge in [0.05, 0.1) is 29.6 Å². The molecule has 1 atom stereocenters. The van der Waals surface area contributed by atoms with Crippen LogP contribution >= 0.6 is 46.3 Å². The van der Waals surface area contributed by atoms with Gasteiger partial charge in [0.15, 0.2) is 17.3 Å². The number of carbonyl (C=O) groups is 3. The predicted octanol–water partition coefficient (Wildman–Crippen LogP) is 7.85. The largest absolute Gasteiger partial charge is 0.489 e. The van der Waals surface area contributed by atoms with Crippen molar-refractivity contribution in [2.24, 2.45) is 10.4 Å². The highest BCUT2D eigenvalue weighted by molar-refractivity contribution is 7.02. The molecule has 12 nitrogen and oxygen atoms in total. The third kappa shape index (κ3) is 10.6. The molecule has 1 aromatic heterocycles. The van der Waals surface area contributed by atoms with E-state index < -0.39 is 10.7 Å². The van der Waals surface area contributed by atoms with Gasteiger partial charge in [-0.1, -0.05) is 87.1 Å². The third-order valence-corrected chi connectivity index (χ3v) is 11.2. The quantitative estimate of drug-likeness (QED) is 0.0955. The highest BCUT2D eigenvalue weighted by atomic mass is 35.5. The summed E-state index contributed by atoms with van der Waals surface area (Å²) in [5, 5.41) is 0. The lowest BCUT2D eigenvalue weighted by molar-refractivity contribution is -0.121. The van der Waals surface area contributed by atoms with Crippen molar-refractivity contribution in [1.82, 2.24) is 8.94 Å². The zero-order valence-corrected chi connectivity index (χ0v) is 37.4. The number of ether oxygens (including phenoxy) is 3. The summed E-state index contributed by atoms with van der Waals surface area (Å²) in [6.07, 6.45) is 7.96. The third-order valence-electron chi connectivity index (χ3n) is 9.81. The Kier molecular flexibility index (Phi) is 16.0. The number of benzene rings is 3. The Bertz CT molecular complexity index is 2290. The monoisotopic (exact) mass is 900 g/mol. The van der Waals surface area contributed by atoms with Crippen molar-refractivity contribution in [3.05, 3.63) is 82.2 Å². The maximum atomic E-state index is 14.5. The second-order valence-corrected chi connectivity index (χ2v) is 16.9. The molecule has 3 amide bonds. The fourth-order valence-corrected chi connectivity index (χ4v) is 8.12. The molecule has 0 fully saturated rings. The number of carbonyl (C=O) groups excluding carboxylic acids is 3. The number of fused-ring (bicyclic) bond motifs is 3. The summed E-state index contributed by atoms with van der Waals surface area (Å²) in [6.45, 7) is 11.8. The van der Waals surface area contributed by atoms with Crippen LogP contribution in [0.1, 0.15) is 51.6 Å². The zero-order valence-electron chi connectivity index (χ0n) is 34.3. The molecule has 0 N–H and O–H groups in total. The molecule has 7 rings (SSSR count). The summed E-state index contributed by atoms with van der Waals surface area (Å²) < 4.78 is 37.0. The minimum atomic E-state index is -1.05. The number of amides is 3. The van der Waals surface area contributed by atoms with Gasteiger partial charge in [-0.25, -0.2) is 9.38 Å². The maximum Gasteiger partial charge on any atom is 0.265 e. The van der Waals surface area contributed by atoms with Crippen LogP contribution in [0.4, 0.5) is 27.1 Å². The first-order valence-electron chi connectivity index (χ1n) is 19.3. The molecule has 4 heterocycles. The van der Waals surface area contributed by atoms with Crippen molar-refractivity contribution in [2.75, 3.05) is 54.2 Å². The Morgan fingerprint density at radius 3 is 2.43 bits per heavy atom. The number of halogens is 4. The number of nitrogens with zero attached hydrogens (tertiary/aromatic N) is 6. The molecule has 1 unspecified atom stereocenters. The molecule has 320 valence electrons. The SMILES string of the molecule is C#CCN1C(=O)COc2cc(F)c(N=c3snc4n3CC(C)(C)C4)cc21.CC1COc2ccccc2N1C(=O)C(Cl)Cl.CCc1cccc(CC)c1N(COC)C(=O)CCl. The number of aromatic nitrogens is 2. The molecule has 60 heavy (non-hydrogen) atoms. The Hall–Kier alpha value is -4.65. The lowest BCUT2D eigenvalue weighted by atomic mass is 9.92. The number of anilines is 3. The van der Waals surface area contributed by atoms with Gasteiger partial charge in [-0.3, -0.25) is 24.2 Å². The zero-order chi connectivity index (χ0) is 43.7. The van der Waals surface area contributed by atoms with Crippen LogP contribution in [0.2, 0.25) is 0 Å². The molecule has 0 saturated heterocycles. The van der Waals surface area contributed by atoms with Crippen molar-refractivity contribution < 1.29 is 33.0 Å². The molecule has 0 spiro atoms. The minimum Gasteiger partial charge on any atom is -0.489 e. The van der Waals surface area contributed by atoms with Gasteiger partial charge in [-0.2, -0.15) is 4.37 Å². The van der Waals surface area contributed by atoms with Gasteiger partial charge in [0, 0.05) is 37.7 Å². The summed E-state index contributed by atoms with van der Waals surface area (Å²) in [6, 6.07) is 16.1. The molecule has 3 aromatic carbocycles. The van der Waals surface area contributed by atoms with E-state index in [2.05, 4.69) is 43.0 Å². The summed E-state index contributed by atoms with van der Waals surface area (Å²) in [7, 11) is 1.58. The van der Waals surface area contributed by atoms with Crippen LogP contribution in [0.25, 0.3) is 0 Å². The molecule has 17 heteroatoms. The van der Waals surface area contributed by atoms with Gasteiger partial charge < -0.3 is 23.7 Å². The van der Waals surface area contributed by atoms with Crippen LogP contribution < -0.4 is 29.0 Å². The molecule has 0 aliphatic carbocycles. The van der Waals surface area contributed by atoms with Crippen LogP contribution in [0, 0.1) is 23.6 Å². The van der Waals surface area contributed by atoms with E-state index in [-0.39, 0.29) is 60.6 Å². The first kappa shape index (κ1) is 46.4. The van der Waals surface area contributed by atoms with E-state index in [0.29, 0.717) is 28.6 Å². The Morgan fingerprint density at radius 1 is 1.10 bits per heavy atom. The van der Waals surface area contributed by atoms with Crippen LogP contribution in [-0.4, -0.2) is 77.0 Å². The van der Waals surface area contributed by atoms with Gasteiger partial charge in [0.2, 0.25) is 10.7 Å². The van der Waals surface area contributed by atoms with Crippen molar-refractivity contribution in [3.8, 4) is 23.8 Å². The fraction of sp³-hybridized carbons (Fsp3) is 0.419. The lowest BCUT2D eigenvalue weighted by Crippen LogP contribution is -2.47. The van der Waals surface area contributed by atoms with Crippen LogP contribution in [-0.2, 0) is 44.9 Å². The number of aryl methyl sites for hydroxylation is 2. The first-order valence-corrected chi connectivity index (χ1v) is 21.5. The number of terminal acetylenes is 1. The van der Waals surface area contributed by atoms with Crippen LogP contribution in [0.3, 0.4) is 0 Å². The maximum absolute atomic E-state index is 14.5. The highest BCUT2D eigenvalue weighted by Gasteiger charge is 2.33. The number of alkyl halides is 3. The van der Waals surface area contributed by atoms with E-state index in [4.69, 9.17) is 55.4 Å². The van der Waals surface area contributed by atoms with Crippen molar-refractivity contribution in [2.45, 2.75) is 71.3 Å². The number of para-hydroxylation sites is 3. The van der Waals surface area contributed by atoms with Crippen molar-refractivity contribution in [1.29, 1.82) is 0 Å². The van der Waals surface area contributed by atoms with E-state index in [1.807, 2.05) is 54.0 Å². The smallest absolute Gasteiger partial charge is 0.265 e. The number of hydrogen-bond donors (Lipinski definition) is 0. The van der Waals surface area contributed by atoms with E-state index in [1.165, 1.54) is 28.6 Å². The second-order valence-electron chi connectivity index (χ2n) is 14.8. The average molecular weight is 902 g/mol. The molecule has 3 aliphatic rings. The number of hydrogen-bond acceptors (Lipinski definition) is 9. The lowest BCUT2D eigenvalue weighted by Gasteiger charge is -2.35. The summed E-state index contributed by atoms with van der Waals surface area (Å²) in [5.74, 6) is 3.12. The van der Waals surface area contributed by atoms with E-state index >= 15 is 0 Å². The average Bonchev–Trinajstić information content (AvgIpc) is 3.75. The number of rotatable bonds is 9. The molecular formula is C43H48Cl3FN6O6S. The van der Waals surface area contributed by atoms with Gasteiger partial charge in [0.1, 0.15) is 42.2 Å². The highest BCUT2D eigenvalue weighted by Crippen LogP contribution is 2.38. The van der Waals surface area contributed by atoms with E-state index in [1.54, 1.807) is 16.9 Å². The standard InChI is InChI=1S/C18H17FN4O2S.C14H20ClNO2.C11H11Cl2NO2/c1-4-5-22-13-7-12(11(19)6-14(13)25-9-16(22)24)20-17-23-10-18(2,3)8-15(23)21-26-17;1-4-11-7-6-8-12(5-2)14(11)16(10-18-3)13(17)9-15;1-7-6-16-9-5-3-2-4-8(9)14(7)11(15)10(12)13/h1,6-7H,5,8-10H2,2-3H3;6-8H,4-5,9-10H2,1-3H3;2-5,7,10H,6H2,1H3. The molecule has 3 aliphatic heterocycles. The summed E-state index contributed by atoms with van der Waals surface area (Å²) in [4.78, 5) is 44.6. The molecule has 0 radical (unpaired) electrons. The van der Waals surface area contributed by atoms with Gasteiger partial charge in [-0.05, 0) is 54.5 Å². The first-order chi connectivity index (χ1) is 28.7. The summed E-state index contributed by atoms with van der Waals surface area (Å²) in [5.41, 5.74) is 4.64. The van der Waals surface area contributed by atoms with Crippen LogP contribution in [0.5, 0.6) is 11.5 Å².